The van der Waals surface area contributed by atoms with Crippen LogP contribution in [0, 0.1) is 0 Å². The first-order valence-corrected chi connectivity index (χ1v) is 7.16. The van der Waals surface area contributed by atoms with Crippen LogP contribution in [0.5, 0.6) is 0 Å². The van der Waals surface area contributed by atoms with Gasteiger partial charge in [0.1, 0.15) is 5.76 Å². The second-order valence-electron chi connectivity index (χ2n) is 4.55. The van der Waals surface area contributed by atoms with Crippen molar-refractivity contribution in [3.63, 3.8) is 0 Å². The van der Waals surface area contributed by atoms with Crippen molar-refractivity contribution in [1.29, 1.82) is 0 Å². The van der Waals surface area contributed by atoms with Gasteiger partial charge in [0, 0.05) is 23.4 Å². The molecule has 2 aromatic rings. The Kier molecular flexibility index (Phi) is 5.19. The van der Waals surface area contributed by atoms with Crippen molar-refractivity contribution < 1.29 is 9.52 Å². The first-order valence-electron chi connectivity index (χ1n) is 6.37. The topological polar surface area (TPSA) is 59.4 Å². The van der Waals surface area contributed by atoms with Crippen LogP contribution in [0.3, 0.4) is 0 Å². The van der Waals surface area contributed by atoms with Crippen LogP contribution in [-0.2, 0) is 6.42 Å². The third-order valence-electron chi connectivity index (χ3n) is 3.29. The zero-order valence-electron chi connectivity index (χ0n) is 10.6. The number of nitrogens with two attached hydrogens (primary N) is 1. The number of aliphatic hydroxyl groups excluding tert-OH is 1. The largest absolute Gasteiger partial charge is 0.469 e. The first kappa shape index (κ1) is 14.3. The minimum Gasteiger partial charge on any atom is -0.469 e. The Morgan fingerprint density at radius 2 is 2.00 bits per heavy atom. The van der Waals surface area contributed by atoms with E-state index in [9.17, 15) is 5.11 Å². The Morgan fingerprint density at radius 3 is 2.63 bits per heavy atom. The van der Waals surface area contributed by atoms with E-state index >= 15 is 0 Å². The molecule has 0 fully saturated rings. The van der Waals surface area contributed by atoms with Crippen LogP contribution < -0.4 is 5.73 Å². The summed E-state index contributed by atoms with van der Waals surface area (Å²) >= 11 is 3.51. The van der Waals surface area contributed by atoms with Crippen molar-refractivity contribution in [2.75, 3.05) is 6.54 Å². The molecule has 4 heteroatoms. The molecule has 102 valence electrons. The molecule has 2 atom stereocenters. The zero-order valence-corrected chi connectivity index (χ0v) is 12.2. The lowest BCUT2D eigenvalue weighted by molar-refractivity contribution is 0.134. The maximum absolute atomic E-state index is 10.3. The van der Waals surface area contributed by atoms with Crippen LogP contribution in [0.2, 0.25) is 0 Å². The molecule has 3 nitrogen and oxygen atoms in total. The van der Waals surface area contributed by atoms with Gasteiger partial charge in [0.05, 0.1) is 12.4 Å². The third kappa shape index (κ3) is 3.69. The molecule has 2 rings (SSSR count). The number of halogens is 1. The Bertz CT molecular complexity index is 499. The lowest BCUT2D eigenvalue weighted by Crippen LogP contribution is -2.26. The number of rotatable bonds is 6. The molecule has 0 aliphatic carbocycles. The number of furan rings is 1. The zero-order chi connectivity index (χ0) is 13.7. The predicted octanol–water partition coefficient (Wildman–Crippen LogP) is 3.08. The molecule has 1 aromatic carbocycles. The van der Waals surface area contributed by atoms with Crippen molar-refractivity contribution in [2.24, 2.45) is 5.73 Å². The fourth-order valence-corrected chi connectivity index (χ4v) is 2.79. The monoisotopic (exact) mass is 323 g/mol. The number of aliphatic hydroxyl groups is 1. The van der Waals surface area contributed by atoms with Gasteiger partial charge in [0.25, 0.3) is 0 Å². The summed E-state index contributed by atoms with van der Waals surface area (Å²) in [6.07, 6.45) is 2.52. The van der Waals surface area contributed by atoms with Gasteiger partial charge in [-0.15, -0.1) is 0 Å². The van der Waals surface area contributed by atoms with Crippen LogP contribution in [0.25, 0.3) is 0 Å². The molecule has 2 unspecified atom stereocenters. The Balaban J connectivity index is 2.03. The van der Waals surface area contributed by atoms with E-state index in [4.69, 9.17) is 10.2 Å². The minimum absolute atomic E-state index is 0.0643. The molecule has 3 N–H and O–H groups in total. The van der Waals surface area contributed by atoms with E-state index in [2.05, 4.69) is 15.9 Å². The summed E-state index contributed by atoms with van der Waals surface area (Å²) in [6, 6.07) is 11.7. The summed E-state index contributed by atoms with van der Waals surface area (Å²) in [5.41, 5.74) is 6.87. The summed E-state index contributed by atoms with van der Waals surface area (Å²) in [5, 5.41) is 10.3. The smallest absolute Gasteiger partial charge is 0.103 e. The normalized spacial score (nSPS) is 14.3. The van der Waals surface area contributed by atoms with Crippen molar-refractivity contribution in [3.05, 3.63) is 58.5 Å². The van der Waals surface area contributed by atoms with E-state index in [0.717, 1.165) is 22.2 Å². The second kappa shape index (κ2) is 6.89. The van der Waals surface area contributed by atoms with Crippen LogP contribution in [0.15, 0.2) is 51.6 Å². The maximum atomic E-state index is 10.3. The molecule has 0 radical (unpaired) electrons. The van der Waals surface area contributed by atoms with Gasteiger partial charge in [-0.3, -0.25) is 0 Å². The van der Waals surface area contributed by atoms with Crippen molar-refractivity contribution in [2.45, 2.75) is 24.9 Å². The molecule has 0 saturated heterocycles. The third-order valence-corrected chi connectivity index (χ3v) is 4.01. The second-order valence-corrected chi connectivity index (χ2v) is 5.40. The van der Waals surface area contributed by atoms with E-state index < -0.39 is 6.10 Å². The van der Waals surface area contributed by atoms with Crippen molar-refractivity contribution in [3.8, 4) is 0 Å². The number of hydrogen-bond acceptors (Lipinski definition) is 3. The summed E-state index contributed by atoms with van der Waals surface area (Å²) in [6.45, 7) is 0.419. The van der Waals surface area contributed by atoms with Gasteiger partial charge in [-0.25, -0.2) is 0 Å². The molecular weight excluding hydrogens is 306 g/mol. The number of hydrogen-bond donors (Lipinski definition) is 2. The average Bonchev–Trinajstić information content (AvgIpc) is 2.92. The Labute approximate surface area is 121 Å². The Hall–Kier alpha value is -1.10. The SMILES string of the molecule is NCC(c1ccccc1Br)C(O)CCc1ccco1. The highest BCUT2D eigenvalue weighted by molar-refractivity contribution is 9.10. The van der Waals surface area contributed by atoms with E-state index in [0.29, 0.717) is 13.0 Å². The highest BCUT2D eigenvalue weighted by Gasteiger charge is 2.21. The van der Waals surface area contributed by atoms with Crippen LogP contribution in [0.4, 0.5) is 0 Å². The highest BCUT2D eigenvalue weighted by atomic mass is 79.9. The van der Waals surface area contributed by atoms with Gasteiger partial charge in [-0.1, -0.05) is 34.1 Å². The van der Waals surface area contributed by atoms with Gasteiger partial charge in [-0.2, -0.15) is 0 Å². The summed E-state index contributed by atoms with van der Waals surface area (Å²) in [4.78, 5) is 0. The van der Waals surface area contributed by atoms with E-state index in [1.165, 1.54) is 0 Å². The fraction of sp³-hybridized carbons (Fsp3) is 0.333. The van der Waals surface area contributed by atoms with Gasteiger partial charge >= 0.3 is 0 Å². The molecule has 0 spiro atoms. The molecule has 1 heterocycles. The predicted molar refractivity (Wildman–Crippen MR) is 79.0 cm³/mol. The molecule has 1 aromatic heterocycles. The van der Waals surface area contributed by atoms with E-state index in [1.807, 2.05) is 36.4 Å². The van der Waals surface area contributed by atoms with Crippen molar-refractivity contribution >= 4 is 15.9 Å². The molecular formula is C15H18BrNO2. The number of benzene rings is 1. The highest BCUT2D eigenvalue weighted by Crippen LogP contribution is 2.28. The first-order chi connectivity index (χ1) is 9.22. The van der Waals surface area contributed by atoms with E-state index in [-0.39, 0.29) is 5.92 Å². The van der Waals surface area contributed by atoms with Crippen molar-refractivity contribution in [1.82, 2.24) is 0 Å². The molecule has 0 aliphatic heterocycles. The quantitative estimate of drug-likeness (QED) is 0.858. The molecule has 0 amide bonds. The standard InChI is InChI=1S/C15H18BrNO2/c16-14-6-2-1-5-12(14)13(10-17)15(18)8-7-11-4-3-9-19-11/h1-6,9,13,15,18H,7-8,10,17H2. The Morgan fingerprint density at radius 1 is 1.21 bits per heavy atom. The van der Waals surface area contributed by atoms with E-state index in [1.54, 1.807) is 6.26 Å². The minimum atomic E-state index is -0.478. The lowest BCUT2D eigenvalue weighted by Gasteiger charge is -2.22. The summed E-state index contributed by atoms with van der Waals surface area (Å²) < 4.78 is 6.26. The molecule has 0 saturated carbocycles. The number of aryl methyl sites for hydroxylation is 1. The lowest BCUT2D eigenvalue weighted by atomic mass is 9.90. The van der Waals surface area contributed by atoms with Gasteiger partial charge in [0.15, 0.2) is 0 Å². The maximum Gasteiger partial charge on any atom is 0.103 e. The van der Waals surface area contributed by atoms with Crippen LogP contribution >= 0.6 is 15.9 Å². The van der Waals surface area contributed by atoms with Gasteiger partial charge in [0.2, 0.25) is 0 Å². The van der Waals surface area contributed by atoms with Gasteiger partial charge < -0.3 is 15.3 Å². The fourth-order valence-electron chi connectivity index (χ4n) is 2.21. The summed E-state index contributed by atoms with van der Waals surface area (Å²) in [5.74, 6) is 0.826. The summed E-state index contributed by atoms with van der Waals surface area (Å²) in [7, 11) is 0. The molecule has 0 bridgehead atoms. The molecule has 19 heavy (non-hydrogen) atoms. The molecule has 0 aliphatic rings. The van der Waals surface area contributed by atoms with Crippen LogP contribution in [0.1, 0.15) is 23.7 Å². The average molecular weight is 324 g/mol. The van der Waals surface area contributed by atoms with Crippen LogP contribution in [-0.4, -0.2) is 17.8 Å². The van der Waals surface area contributed by atoms with Gasteiger partial charge in [-0.05, 0) is 30.2 Å².